The number of nitrogens with one attached hydrogen (secondary N) is 1. The number of rotatable bonds is 5. The zero-order chi connectivity index (χ0) is 9.52. The molecule has 1 rings (SSSR count). The summed E-state index contributed by atoms with van der Waals surface area (Å²) in [6.45, 7) is 4.01. The highest BCUT2D eigenvalue weighted by molar-refractivity contribution is 5.42. The van der Waals surface area contributed by atoms with Gasteiger partial charge in [-0.2, -0.15) is 0 Å². The van der Waals surface area contributed by atoms with Crippen molar-refractivity contribution in [2.24, 2.45) is 0 Å². The van der Waals surface area contributed by atoms with Gasteiger partial charge in [0.2, 0.25) is 0 Å². The summed E-state index contributed by atoms with van der Waals surface area (Å²) < 4.78 is 17.8. The van der Waals surface area contributed by atoms with Crippen LogP contribution in [0, 0.1) is 5.82 Å². The Morgan fingerprint density at radius 3 is 3.00 bits per heavy atom. The molecular formula is C10H14FNO. The van der Waals surface area contributed by atoms with Crippen molar-refractivity contribution >= 4 is 5.69 Å². The Balaban J connectivity index is 2.28. The first-order valence-electron chi connectivity index (χ1n) is 4.40. The Bertz CT molecular complexity index is 252. The van der Waals surface area contributed by atoms with Crippen LogP contribution in [0.1, 0.15) is 6.92 Å². The molecule has 0 aliphatic rings. The van der Waals surface area contributed by atoms with Gasteiger partial charge in [-0.05, 0) is 25.1 Å². The second-order valence-electron chi connectivity index (χ2n) is 2.63. The van der Waals surface area contributed by atoms with Gasteiger partial charge >= 0.3 is 0 Å². The van der Waals surface area contributed by atoms with Crippen LogP contribution in [0.15, 0.2) is 24.3 Å². The third-order valence-corrected chi connectivity index (χ3v) is 1.60. The molecule has 0 atom stereocenters. The molecule has 0 saturated carbocycles. The molecule has 1 aromatic carbocycles. The predicted octanol–water partition coefficient (Wildman–Crippen LogP) is 2.27. The van der Waals surface area contributed by atoms with Gasteiger partial charge in [0.1, 0.15) is 5.82 Å². The monoisotopic (exact) mass is 183 g/mol. The van der Waals surface area contributed by atoms with Gasteiger partial charge in [0.25, 0.3) is 0 Å². The number of halogens is 1. The average molecular weight is 183 g/mol. The smallest absolute Gasteiger partial charge is 0.125 e. The van der Waals surface area contributed by atoms with Gasteiger partial charge in [0.05, 0.1) is 6.61 Å². The lowest BCUT2D eigenvalue weighted by atomic mass is 10.3. The molecule has 0 fully saturated rings. The van der Waals surface area contributed by atoms with Crippen molar-refractivity contribution in [3.8, 4) is 0 Å². The molecule has 1 aromatic rings. The third-order valence-electron chi connectivity index (χ3n) is 1.60. The van der Waals surface area contributed by atoms with Gasteiger partial charge in [-0.15, -0.1) is 0 Å². The van der Waals surface area contributed by atoms with Crippen LogP contribution in [0.25, 0.3) is 0 Å². The van der Waals surface area contributed by atoms with E-state index in [2.05, 4.69) is 5.32 Å². The van der Waals surface area contributed by atoms with Crippen LogP contribution in [-0.4, -0.2) is 19.8 Å². The normalized spacial score (nSPS) is 10.0. The van der Waals surface area contributed by atoms with Crippen LogP contribution in [-0.2, 0) is 4.74 Å². The van der Waals surface area contributed by atoms with Crippen LogP contribution in [0.5, 0.6) is 0 Å². The molecule has 0 aliphatic carbocycles. The lowest BCUT2D eigenvalue weighted by Gasteiger charge is -2.05. The molecule has 3 heteroatoms. The molecule has 0 saturated heterocycles. The van der Waals surface area contributed by atoms with Crippen LogP contribution in [0.2, 0.25) is 0 Å². The molecule has 0 aromatic heterocycles. The summed E-state index contributed by atoms with van der Waals surface area (Å²) >= 11 is 0. The minimum Gasteiger partial charge on any atom is -0.383 e. The summed E-state index contributed by atoms with van der Waals surface area (Å²) in [7, 11) is 0. The first kappa shape index (κ1) is 9.99. The van der Waals surface area contributed by atoms with E-state index in [1.165, 1.54) is 12.1 Å². The topological polar surface area (TPSA) is 21.3 Å². The van der Waals surface area contributed by atoms with Crippen molar-refractivity contribution in [3.05, 3.63) is 30.1 Å². The Hall–Kier alpha value is -1.09. The van der Waals surface area contributed by atoms with Gasteiger partial charge in [-0.25, -0.2) is 4.39 Å². The van der Waals surface area contributed by atoms with Crippen molar-refractivity contribution in [1.29, 1.82) is 0 Å². The van der Waals surface area contributed by atoms with Gasteiger partial charge in [0.15, 0.2) is 0 Å². The largest absolute Gasteiger partial charge is 0.383 e. The van der Waals surface area contributed by atoms with Crippen molar-refractivity contribution in [3.63, 3.8) is 0 Å². The van der Waals surface area contributed by atoms with Gasteiger partial charge in [-0.1, -0.05) is 6.07 Å². The van der Waals surface area contributed by atoms with Crippen molar-refractivity contribution in [2.75, 3.05) is 25.1 Å². The van der Waals surface area contributed by atoms with Crippen LogP contribution >= 0.6 is 0 Å². The highest BCUT2D eigenvalue weighted by Crippen LogP contribution is 2.07. The average Bonchev–Trinajstić information content (AvgIpc) is 2.13. The van der Waals surface area contributed by atoms with Crippen LogP contribution in [0.4, 0.5) is 10.1 Å². The maximum absolute atomic E-state index is 12.7. The first-order valence-corrected chi connectivity index (χ1v) is 4.40. The van der Waals surface area contributed by atoms with Gasteiger partial charge < -0.3 is 10.1 Å². The Morgan fingerprint density at radius 1 is 1.46 bits per heavy atom. The van der Waals surface area contributed by atoms with Crippen molar-refractivity contribution in [1.82, 2.24) is 0 Å². The summed E-state index contributed by atoms with van der Waals surface area (Å²) in [5, 5.41) is 3.06. The molecule has 13 heavy (non-hydrogen) atoms. The van der Waals surface area contributed by atoms with E-state index in [0.717, 1.165) is 5.69 Å². The molecular weight excluding hydrogens is 169 g/mol. The fourth-order valence-corrected chi connectivity index (χ4v) is 1.01. The van der Waals surface area contributed by atoms with E-state index in [0.29, 0.717) is 19.8 Å². The van der Waals surface area contributed by atoms with Gasteiger partial charge in [-0.3, -0.25) is 0 Å². The van der Waals surface area contributed by atoms with Crippen molar-refractivity contribution < 1.29 is 9.13 Å². The summed E-state index contributed by atoms with van der Waals surface area (Å²) in [5.74, 6) is -0.221. The number of anilines is 1. The molecule has 0 radical (unpaired) electrons. The second-order valence-corrected chi connectivity index (χ2v) is 2.63. The summed E-state index contributed by atoms with van der Waals surface area (Å²) in [6, 6.07) is 6.40. The van der Waals surface area contributed by atoms with E-state index < -0.39 is 0 Å². The summed E-state index contributed by atoms with van der Waals surface area (Å²) in [4.78, 5) is 0. The third kappa shape index (κ3) is 3.90. The second kappa shape index (κ2) is 5.54. The molecule has 1 N–H and O–H groups in total. The first-order chi connectivity index (χ1) is 6.33. The summed E-state index contributed by atoms with van der Waals surface area (Å²) in [6.07, 6.45) is 0. The SMILES string of the molecule is CCOCCNc1cccc(F)c1. The Morgan fingerprint density at radius 2 is 2.31 bits per heavy atom. The lowest BCUT2D eigenvalue weighted by Crippen LogP contribution is -2.09. The number of ether oxygens (including phenoxy) is 1. The molecule has 0 amide bonds. The maximum Gasteiger partial charge on any atom is 0.125 e. The minimum atomic E-state index is -0.221. The zero-order valence-corrected chi connectivity index (χ0v) is 7.72. The number of hydrogen-bond acceptors (Lipinski definition) is 2. The van der Waals surface area contributed by atoms with E-state index in [4.69, 9.17) is 4.74 Å². The molecule has 2 nitrogen and oxygen atoms in total. The Kier molecular flexibility index (Phi) is 4.26. The number of benzene rings is 1. The number of hydrogen-bond donors (Lipinski definition) is 1. The molecule has 72 valence electrons. The molecule has 0 aliphatic heterocycles. The standard InChI is InChI=1S/C10H14FNO/c1-2-13-7-6-12-10-5-3-4-9(11)8-10/h3-5,8,12H,2,6-7H2,1H3. The molecule has 0 heterocycles. The van der Waals surface area contributed by atoms with Crippen LogP contribution in [0.3, 0.4) is 0 Å². The van der Waals surface area contributed by atoms with E-state index in [1.54, 1.807) is 6.07 Å². The van der Waals surface area contributed by atoms with E-state index >= 15 is 0 Å². The molecule has 0 spiro atoms. The summed E-state index contributed by atoms with van der Waals surface area (Å²) in [5.41, 5.74) is 0.791. The predicted molar refractivity (Wildman–Crippen MR) is 51.4 cm³/mol. The highest BCUT2D eigenvalue weighted by atomic mass is 19.1. The lowest BCUT2D eigenvalue weighted by molar-refractivity contribution is 0.158. The Labute approximate surface area is 77.7 Å². The molecule has 0 unspecified atom stereocenters. The van der Waals surface area contributed by atoms with E-state index in [-0.39, 0.29) is 5.82 Å². The highest BCUT2D eigenvalue weighted by Gasteiger charge is 1.92. The minimum absolute atomic E-state index is 0.221. The van der Waals surface area contributed by atoms with Crippen molar-refractivity contribution in [2.45, 2.75) is 6.92 Å². The fraction of sp³-hybridized carbons (Fsp3) is 0.400. The molecule has 0 bridgehead atoms. The fourth-order valence-electron chi connectivity index (χ4n) is 1.01. The van der Waals surface area contributed by atoms with Crippen LogP contribution < -0.4 is 5.32 Å². The van der Waals surface area contributed by atoms with E-state index in [1.807, 2.05) is 13.0 Å². The van der Waals surface area contributed by atoms with Gasteiger partial charge in [0, 0.05) is 18.8 Å². The maximum atomic E-state index is 12.7. The zero-order valence-electron chi connectivity index (χ0n) is 7.72. The van der Waals surface area contributed by atoms with E-state index in [9.17, 15) is 4.39 Å². The quantitative estimate of drug-likeness (QED) is 0.707.